The fraction of sp³-hybridized carbons (Fsp3) is 0.950. The molecule has 2 rings (SSSR count). The van der Waals surface area contributed by atoms with E-state index in [1.807, 2.05) is 0 Å². The van der Waals surface area contributed by atoms with Gasteiger partial charge in [0.05, 0.1) is 30.3 Å². The maximum atomic E-state index is 12.5. The standard InChI is InChI=1S/C20H42N6O6/c1-24-13-7-6-11(26-12(27)9-10(22)5-4-8-21)20(31-13)32-18-14(23)16(28)19(30-3)15(25-2)17(18)29/h10-11,13-20,24-25,28-29H,4-9,21-23H2,1-3H3,(H,26,27)/t10?,11-,13+,14+,15+,16+,17-,18-,19+,20-/m1/s1. The Morgan fingerprint density at radius 1 is 1.19 bits per heavy atom. The van der Waals surface area contributed by atoms with Crippen molar-refractivity contribution in [2.45, 2.75) is 93.2 Å². The topological polar surface area (TPSA) is 199 Å². The molecule has 1 unspecified atom stereocenters. The Kier molecular flexibility index (Phi) is 11.2. The zero-order valence-electron chi connectivity index (χ0n) is 19.3. The summed E-state index contributed by atoms with van der Waals surface area (Å²) in [6.45, 7) is 0.528. The zero-order valence-corrected chi connectivity index (χ0v) is 19.3. The van der Waals surface area contributed by atoms with Gasteiger partial charge in [-0.25, -0.2) is 0 Å². The van der Waals surface area contributed by atoms with Gasteiger partial charge in [0.15, 0.2) is 6.29 Å². The summed E-state index contributed by atoms with van der Waals surface area (Å²) in [4.78, 5) is 12.5. The number of carbonyl (C=O) groups excluding carboxylic acids is 1. The van der Waals surface area contributed by atoms with Crippen molar-refractivity contribution < 1.29 is 29.2 Å². The van der Waals surface area contributed by atoms with E-state index in [-0.39, 0.29) is 24.6 Å². The highest BCUT2D eigenvalue weighted by Crippen LogP contribution is 2.28. The van der Waals surface area contributed by atoms with E-state index in [4.69, 9.17) is 31.4 Å². The van der Waals surface area contributed by atoms with Crippen molar-refractivity contribution in [3.05, 3.63) is 0 Å². The molecule has 1 amide bonds. The second-order valence-corrected chi connectivity index (χ2v) is 8.60. The van der Waals surface area contributed by atoms with Crippen LogP contribution >= 0.6 is 0 Å². The molecule has 0 radical (unpaired) electrons. The largest absolute Gasteiger partial charge is 0.389 e. The minimum absolute atomic E-state index is 0.167. The lowest BCUT2D eigenvalue weighted by Crippen LogP contribution is -2.71. The Labute approximate surface area is 189 Å². The third kappa shape index (κ3) is 6.79. The van der Waals surface area contributed by atoms with E-state index in [1.54, 1.807) is 14.1 Å². The van der Waals surface area contributed by atoms with Crippen molar-refractivity contribution in [2.24, 2.45) is 17.2 Å². The van der Waals surface area contributed by atoms with Gasteiger partial charge in [-0.05, 0) is 46.3 Å². The molecule has 1 aliphatic heterocycles. The monoisotopic (exact) mass is 462 g/mol. The average Bonchev–Trinajstić information content (AvgIpc) is 2.78. The van der Waals surface area contributed by atoms with E-state index in [9.17, 15) is 15.0 Å². The Balaban J connectivity index is 2.09. The number of rotatable bonds is 11. The van der Waals surface area contributed by atoms with Crippen LogP contribution in [0.2, 0.25) is 0 Å². The second-order valence-electron chi connectivity index (χ2n) is 8.60. The first-order valence-corrected chi connectivity index (χ1v) is 11.3. The summed E-state index contributed by atoms with van der Waals surface area (Å²) in [5, 5.41) is 30.5. The highest BCUT2D eigenvalue weighted by molar-refractivity contribution is 5.76. The molecule has 0 aromatic heterocycles. The molecule has 0 spiro atoms. The third-order valence-corrected chi connectivity index (χ3v) is 6.33. The molecule has 1 heterocycles. The molecule has 0 aromatic rings. The minimum Gasteiger partial charge on any atom is -0.389 e. The van der Waals surface area contributed by atoms with Crippen LogP contribution < -0.4 is 33.2 Å². The second kappa shape index (κ2) is 13.1. The number of ether oxygens (including phenoxy) is 3. The first-order chi connectivity index (χ1) is 15.3. The average molecular weight is 463 g/mol. The first kappa shape index (κ1) is 27.3. The fourth-order valence-electron chi connectivity index (χ4n) is 4.46. The number of carbonyl (C=O) groups is 1. The van der Waals surface area contributed by atoms with Crippen LogP contribution in [0.4, 0.5) is 0 Å². The van der Waals surface area contributed by atoms with Crippen molar-refractivity contribution in [3.8, 4) is 0 Å². The maximum absolute atomic E-state index is 12.5. The molecule has 0 bridgehead atoms. The number of amides is 1. The Morgan fingerprint density at radius 2 is 1.91 bits per heavy atom. The summed E-state index contributed by atoms with van der Waals surface area (Å²) in [7, 11) is 4.87. The SMILES string of the molecule is CN[C@H]1[C@@H](O)[C@H](O[C@H]2O[C@H](NC)CC[C@H]2NC(=O)CC(N)CCCN)[C@@H](N)[C@H](O)[C@H]1OC. The van der Waals surface area contributed by atoms with Crippen LogP contribution in [0, 0.1) is 0 Å². The van der Waals surface area contributed by atoms with Gasteiger partial charge in [-0.1, -0.05) is 0 Å². The molecular formula is C20H42N6O6. The Morgan fingerprint density at radius 3 is 2.50 bits per heavy atom. The Hall–Kier alpha value is -0.930. The Bertz CT molecular complexity index is 575. The van der Waals surface area contributed by atoms with Crippen LogP contribution in [0.15, 0.2) is 0 Å². The highest BCUT2D eigenvalue weighted by Gasteiger charge is 2.50. The summed E-state index contributed by atoms with van der Waals surface area (Å²) in [6.07, 6.45) is -2.09. The molecule has 32 heavy (non-hydrogen) atoms. The number of aliphatic hydroxyl groups is 2. The number of hydrogen-bond donors (Lipinski definition) is 8. The van der Waals surface area contributed by atoms with Crippen LogP contribution in [0.25, 0.3) is 0 Å². The van der Waals surface area contributed by atoms with E-state index in [0.717, 1.165) is 6.42 Å². The van der Waals surface area contributed by atoms with E-state index >= 15 is 0 Å². The normalized spacial score (nSPS) is 38.9. The predicted molar refractivity (Wildman–Crippen MR) is 118 cm³/mol. The molecule has 12 heteroatoms. The van der Waals surface area contributed by atoms with E-state index in [0.29, 0.717) is 25.8 Å². The summed E-state index contributed by atoms with van der Waals surface area (Å²) in [5.74, 6) is -0.208. The van der Waals surface area contributed by atoms with Crippen LogP contribution in [-0.2, 0) is 19.0 Å². The van der Waals surface area contributed by atoms with Crippen molar-refractivity contribution in [3.63, 3.8) is 0 Å². The summed E-state index contributed by atoms with van der Waals surface area (Å²) in [5.41, 5.74) is 17.7. The lowest BCUT2D eigenvalue weighted by molar-refractivity contribution is -0.267. The van der Waals surface area contributed by atoms with Gasteiger partial charge in [-0.3, -0.25) is 10.1 Å². The van der Waals surface area contributed by atoms with Gasteiger partial charge in [0, 0.05) is 19.6 Å². The number of nitrogens with two attached hydrogens (primary N) is 3. The summed E-state index contributed by atoms with van der Waals surface area (Å²) >= 11 is 0. The number of likely N-dealkylation sites (N-methyl/N-ethyl adjacent to an activating group) is 1. The molecule has 12 nitrogen and oxygen atoms in total. The smallest absolute Gasteiger partial charge is 0.221 e. The van der Waals surface area contributed by atoms with E-state index in [2.05, 4.69) is 16.0 Å². The molecule has 188 valence electrons. The lowest BCUT2D eigenvalue weighted by atomic mass is 9.81. The van der Waals surface area contributed by atoms with Crippen LogP contribution in [0.5, 0.6) is 0 Å². The number of methoxy groups -OCH3 is 1. The molecular weight excluding hydrogens is 420 g/mol. The van der Waals surface area contributed by atoms with Gasteiger partial charge >= 0.3 is 0 Å². The molecule has 1 saturated carbocycles. The molecule has 2 fully saturated rings. The van der Waals surface area contributed by atoms with Gasteiger partial charge in [-0.15, -0.1) is 0 Å². The summed E-state index contributed by atoms with van der Waals surface area (Å²) < 4.78 is 17.4. The summed E-state index contributed by atoms with van der Waals surface area (Å²) in [6, 6.07) is -2.26. The minimum atomic E-state index is -1.07. The number of hydrogen-bond acceptors (Lipinski definition) is 11. The van der Waals surface area contributed by atoms with Crippen molar-refractivity contribution in [1.29, 1.82) is 0 Å². The lowest BCUT2D eigenvalue weighted by Gasteiger charge is -2.48. The molecule has 1 saturated heterocycles. The van der Waals surface area contributed by atoms with Gasteiger partial charge in [0.25, 0.3) is 0 Å². The third-order valence-electron chi connectivity index (χ3n) is 6.33. The van der Waals surface area contributed by atoms with Crippen LogP contribution in [0.1, 0.15) is 32.1 Å². The van der Waals surface area contributed by atoms with E-state index < -0.39 is 48.8 Å². The number of aliphatic hydroxyl groups excluding tert-OH is 2. The van der Waals surface area contributed by atoms with E-state index in [1.165, 1.54) is 7.11 Å². The van der Waals surface area contributed by atoms with Gasteiger partial charge in [-0.2, -0.15) is 0 Å². The molecule has 11 N–H and O–H groups in total. The van der Waals surface area contributed by atoms with Crippen molar-refractivity contribution in [1.82, 2.24) is 16.0 Å². The van der Waals surface area contributed by atoms with Gasteiger partial charge in [0.1, 0.15) is 18.4 Å². The van der Waals surface area contributed by atoms with Crippen molar-refractivity contribution >= 4 is 5.91 Å². The van der Waals surface area contributed by atoms with Gasteiger partial charge in [0.2, 0.25) is 5.91 Å². The highest BCUT2D eigenvalue weighted by atomic mass is 16.7. The maximum Gasteiger partial charge on any atom is 0.221 e. The van der Waals surface area contributed by atoms with Crippen molar-refractivity contribution in [2.75, 3.05) is 27.7 Å². The number of nitrogens with one attached hydrogen (secondary N) is 3. The molecule has 1 aliphatic carbocycles. The first-order valence-electron chi connectivity index (χ1n) is 11.3. The predicted octanol–water partition coefficient (Wildman–Crippen LogP) is -3.34. The quantitative estimate of drug-likeness (QED) is 0.153. The van der Waals surface area contributed by atoms with Crippen LogP contribution in [-0.4, -0.2) is 105 Å². The molecule has 0 aromatic carbocycles. The van der Waals surface area contributed by atoms with Crippen LogP contribution in [0.3, 0.4) is 0 Å². The molecule has 10 atom stereocenters. The molecule has 2 aliphatic rings. The van der Waals surface area contributed by atoms with Gasteiger partial charge < -0.3 is 52.3 Å². The zero-order chi connectivity index (χ0) is 23.8. The fourth-order valence-corrected chi connectivity index (χ4v) is 4.46.